The van der Waals surface area contributed by atoms with E-state index >= 15 is 0 Å². The zero-order chi connectivity index (χ0) is 15.3. The molecule has 0 amide bonds. The fourth-order valence-electron chi connectivity index (χ4n) is 1.79. The summed E-state index contributed by atoms with van der Waals surface area (Å²) in [7, 11) is 0. The highest BCUT2D eigenvalue weighted by molar-refractivity contribution is 5.80. The largest absolute Gasteiger partial charge is 0.418 e. The number of fused-ring (bicyclic) bond motifs is 1. The Morgan fingerprint density at radius 2 is 1.60 bits per heavy atom. The minimum atomic E-state index is -4.90. The van der Waals surface area contributed by atoms with Gasteiger partial charge >= 0.3 is 12.4 Å². The molecule has 0 bridgehead atoms. The molecule has 2 aromatic rings. The summed E-state index contributed by atoms with van der Waals surface area (Å²) in [6.07, 6.45) is -9.75. The normalized spacial score (nSPS) is 13.4. The van der Waals surface area contributed by atoms with Crippen LogP contribution in [0.4, 0.5) is 26.3 Å². The predicted molar refractivity (Wildman–Crippen MR) is 60.2 cm³/mol. The molecule has 20 heavy (non-hydrogen) atoms. The monoisotopic (exact) mass is 296 g/mol. The summed E-state index contributed by atoms with van der Waals surface area (Å²) < 4.78 is 76.6. The highest BCUT2D eigenvalue weighted by Gasteiger charge is 2.39. The lowest BCUT2D eigenvalue weighted by atomic mass is 10.1. The zero-order valence-corrected chi connectivity index (χ0v) is 10.4. The fourth-order valence-corrected chi connectivity index (χ4v) is 1.79. The smallest absolute Gasteiger partial charge is 0.342 e. The van der Waals surface area contributed by atoms with Crippen molar-refractivity contribution in [2.24, 2.45) is 0 Å². The third-order valence-electron chi connectivity index (χ3n) is 2.78. The number of nitrogens with one attached hydrogen (secondary N) is 1. The second-order valence-electron chi connectivity index (χ2n) is 4.69. The number of alkyl halides is 6. The van der Waals surface area contributed by atoms with Crippen LogP contribution in [0.15, 0.2) is 12.1 Å². The number of nitrogens with zero attached hydrogens (tertiary/aromatic N) is 1. The quantitative estimate of drug-likeness (QED) is 0.758. The molecule has 2 rings (SSSR count). The van der Waals surface area contributed by atoms with Crippen molar-refractivity contribution in [1.29, 1.82) is 0 Å². The lowest BCUT2D eigenvalue weighted by molar-refractivity contribution is -0.142. The van der Waals surface area contributed by atoms with Gasteiger partial charge in [0.05, 0.1) is 16.6 Å². The standard InChI is InChI=1S/C12H10F6N2/c1-5(2)10-19-8-4-6(11(13,14)15)3-7(9(8)20-10)12(16,17)18/h3-5H,1-2H3,(H,19,20). The van der Waals surface area contributed by atoms with Gasteiger partial charge < -0.3 is 4.98 Å². The summed E-state index contributed by atoms with van der Waals surface area (Å²) in [6.45, 7) is 3.35. The molecule has 110 valence electrons. The highest BCUT2D eigenvalue weighted by atomic mass is 19.4. The van der Waals surface area contributed by atoms with Crippen molar-refractivity contribution in [1.82, 2.24) is 9.97 Å². The summed E-state index contributed by atoms with van der Waals surface area (Å²) in [5.41, 5.74) is -3.49. The Kier molecular flexibility index (Phi) is 3.22. The molecule has 1 heterocycles. The van der Waals surface area contributed by atoms with Gasteiger partial charge in [-0.15, -0.1) is 0 Å². The van der Waals surface area contributed by atoms with Crippen LogP contribution >= 0.6 is 0 Å². The van der Waals surface area contributed by atoms with Crippen LogP contribution in [0.5, 0.6) is 0 Å². The number of aromatic amines is 1. The van der Waals surface area contributed by atoms with E-state index in [1.165, 1.54) is 0 Å². The van der Waals surface area contributed by atoms with E-state index in [4.69, 9.17) is 0 Å². The van der Waals surface area contributed by atoms with Crippen LogP contribution in [0.1, 0.15) is 36.7 Å². The molecule has 0 spiro atoms. The van der Waals surface area contributed by atoms with Crippen molar-refractivity contribution in [3.8, 4) is 0 Å². The Bertz CT molecular complexity index is 636. The number of hydrogen-bond donors (Lipinski definition) is 1. The molecule has 1 N–H and O–H groups in total. The highest BCUT2D eigenvalue weighted by Crippen LogP contribution is 2.39. The van der Waals surface area contributed by atoms with E-state index in [2.05, 4.69) is 9.97 Å². The Morgan fingerprint density at radius 3 is 2.05 bits per heavy atom. The summed E-state index contributed by atoms with van der Waals surface area (Å²) in [4.78, 5) is 6.27. The summed E-state index contributed by atoms with van der Waals surface area (Å²) in [6, 6.07) is 0.733. The molecule has 0 unspecified atom stereocenters. The maximum atomic E-state index is 12.9. The average molecular weight is 296 g/mol. The van der Waals surface area contributed by atoms with Crippen molar-refractivity contribution >= 4 is 11.0 Å². The van der Waals surface area contributed by atoms with E-state index in [0.29, 0.717) is 6.07 Å². The number of halogens is 6. The molecule has 0 atom stereocenters. The average Bonchev–Trinajstić information content (AvgIpc) is 2.68. The third-order valence-corrected chi connectivity index (χ3v) is 2.78. The Balaban J connectivity index is 2.79. The van der Waals surface area contributed by atoms with Crippen LogP contribution in [0.25, 0.3) is 11.0 Å². The van der Waals surface area contributed by atoms with Crippen molar-refractivity contribution in [2.45, 2.75) is 32.1 Å². The number of rotatable bonds is 1. The van der Waals surface area contributed by atoms with Gasteiger partial charge in [-0.05, 0) is 12.1 Å². The van der Waals surface area contributed by atoms with Crippen LogP contribution in [-0.2, 0) is 12.4 Å². The topological polar surface area (TPSA) is 28.7 Å². The molecule has 2 nitrogen and oxygen atoms in total. The van der Waals surface area contributed by atoms with Gasteiger partial charge in [0.15, 0.2) is 0 Å². The number of H-pyrrole nitrogens is 1. The third kappa shape index (κ3) is 2.59. The zero-order valence-electron chi connectivity index (χ0n) is 10.4. The number of imidazole rings is 1. The van der Waals surface area contributed by atoms with Crippen LogP contribution < -0.4 is 0 Å². The first-order valence-electron chi connectivity index (χ1n) is 5.68. The lowest BCUT2D eigenvalue weighted by Crippen LogP contribution is -2.11. The SMILES string of the molecule is CC(C)c1nc2c(C(F)(F)F)cc(C(F)(F)F)cc2[nH]1. The van der Waals surface area contributed by atoms with E-state index < -0.39 is 29.0 Å². The summed E-state index contributed by atoms with van der Waals surface area (Å²) >= 11 is 0. The van der Waals surface area contributed by atoms with E-state index in [1.54, 1.807) is 13.8 Å². The molecule has 0 aliphatic carbocycles. The van der Waals surface area contributed by atoms with Gasteiger partial charge in [-0.25, -0.2) is 4.98 Å². The minimum Gasteiger partial charge on any atom is -0.342 e. The second-order valence-corrected chi connectivity index (χ2v) is 4.69. The van der Waals surface area contributed by atoms with E-state index in [0.717, 1.165) is 0 Å². The van der Waals surface area contributed by atoms with E-state index in [-0.39, 0.29) is 23.3 Å². The van der Waals surface area contributed by atoms with Crippen molar-refractivity contribution in [2.75, 3.05) is 0 Å². The Hall–Kier alpha value is -1.73. The molecule has 0 saturated carbocycles. The van der Waals surface area contributed by atoms with Crippen LogP contribution in [0.2, 0.25) is 0 Å². The molecule has 0 aliphatic heterocycles. The molecule has 0 aliphatic rings. The van der Waals surface area contributed by atoms with Gasteiger partial charge in [0, 0.05) is 5.92 Å². The van der Waals surface area contributed by atoms with Gasteiger partial charge in [0.2, 0.25) is 0 Å². The molecule has 0 saturated heterocycles. The van der Waals surface area contributed by atoms with Gasteiger partial charge in [0.1, 0.15) is 11.3 Å². The first-order valence-corrected chi connectivity index (χ1v) is 5.68. The first-order chi connectivity index (χ1) is 9.00. The predicted octanol–water partition coefficient (Wildman–Crippen LogP) is 4.72. The maximum Gasteiger partial charge on any atom is 0.418 e. The lowest BCUT2D eigenvalue weighted by Gasteiger charge is -2.11. The van der Waals surface area contributed by atoms with Crippen LogP contribution in [0.3, 0.4) is 0 Å². The molecule has 1 aromatic heterocycles. The maximum absolute atomic E-state index is 12.9. The molecular formula is C12H10F6N2. The molecule has 0 fully saturated rings. The minimum absolute atomic E-state index is 0.0906. The Morgan fingerprint density at radius 1 is 1.00 bits per heavy atom. The number of benzene rings is 1. The number of hydrogen-bond acceptors (Lipinski definition) is 1. The molecule has 0 radical (unpaired) electrons. The van der Waals surface area contributed by atoms with Gasteiger partial charge in [-0.3, -0.25) is 0 Å². The van der Waals surface area contributed by atoms with E-state index in [1.807, 2.05) is 0 Å². The van der Waals surface area contributed by atoms with Gasteiger partial charge in [-0.2, -0.15) is 26.3 Å². The van der Waals surface area contributed by atoms with E-state index in [9.17, 15) is 26.3 Å². The van der Waals surface area contributed by atoms with Gasteiger partial charge in [-0.1, -0.05) is 13.8 Å². The molecular weight excluding hydrogens is 286 g/mol. The van der Waals surface area contributed by atoms with Crippen LogP contribution in [-0.4, -0.2) is 9.97 Å². The first kappa shape index (κ1) is 14.7. The molecule has 8 heteroatoms. The second kappa shape index (κ2) is 4.39. The Labute approximate surface area is 109 Å². The summed E-state index contributed by atoms with van der Waals surface area (Å²) in [5.74, 6) is -0.0114. The van der Waals surface area contributed by atoms with Crippen molar-refractivity contribution in [3.63, 3.8) is 0 Å². The van der Waals surface area contributed by atoms with Gasteiger partial charge in [0.25, 0.3) is 0 Å². The number of aromatic nitrogens is 2. The van der Waals surface area contributed by atoms with Crippen molar-refractivity contribution in [3.05, 3.63) is 29.1 Å². The summed E-state index contributed by atoms with van der Waals surface area (Å²) in [5, 5.41) is 0. The van der Waals surface area contributed by atoms with Crippen LogP contribution in [0, 0.1) is 0 Å². The fraction of sp³-hybridized carbons (Fsp3) is 0.417. The van der Waals surface area contributed by atoms with Crippen molar-refractivity contribution < 1.29 is 26.3 Å². The molecule has 1 aromatic carbocycles.